The molecular weight excluding hydrogens is 382 g/mol. The number of hydrogen-bond donors (Lipinski definition) is 1. The van der Waals surface area contributed by atoms with Crippen molar-refractivity contribution in [3.63, 3.8) is 0 Å². The van der Waals surface area contributed by atoms with Crippen LogP contribution in [-0.2, 0) is 4.79 Å². The van der Waals surface area contributed by atoms with Crippen LogP contribution in [0.2, 0.25) is 0 Å². The molecule has 0 saturated heterocycles. The topological polar surface area (TPSA) is 77.8 Å². The van der Waals surface area contributed by atoms with E-state index in [4.69, 9.17) is 13.9 Å². The number of carbonyl (C=O) groups excluding carboxylic acids is 1. The molecule has 30 heavy (non-hydrogen) atoms. The van der Waals surface area contributed by atoms with Crippen molar-refractivity contribution in [2.75, 3.05) is 11.9 Å². The SMILES string of the molecule is Cc1ccc(Oc2coc3cc(OCC(=O)Nc4ccccc4)ccc3c2=O)cc1. The van der Waals surface area contributed by atoms with E-state index in [1.54, 1.807) is 42.5 Å². The van der Waals surface area contributed by atoms with Crippen LogP contribution in [0, 0.1) is 6.92 Å². The first-order valence-electron chi connectivity index (χ1n) is 9.36. The van der Waals surface area contributed by atoms with Crippen LogP contribution >= 0.6 is 0 Å². The van der Waals surface area contributed by atoms with Gasteiger partial charge in [-0.1, -0.05) is 35.9 Å². The number of hydrogen-bond acceptors (Lipinski definition) is 5. The number of ether oxygens (including phenoxy) is 2. The summed E-state index contributed by atoms with van der Waals surface area (Å²) in [6.07, 6.45) is 1.27. The number of aryl methyl sites for hydroxylation is 1. The highest BCUT2D eigenvalue weighted by Gasteiger charge is 2.11. The summed E-state index contributed by atoms with van der Waals surface area (Å²) < 4.78 is 16.7. The fraction of sp³-hybridized carbons (Fsp3) is 0.0833. The van der Waals surface area contributed by atoms with Crippen LogP contribution in [0.25, 0.3) is 11.0 Å². The molecule has 0 radical (unpaired) electrons. The fourth-order valence-electron chi connectivity index (χ4n) is 2.85. The summed E-state index contributed by atoms with van der Waals surface area (Å²) in [6.45, 7) is 1.80. The number of amides is 1. The monoisotopic (exact) mass is 401 g/mol. The van der Waals surface area contributed by atoms with Crippen molar-refractivity contribution >= 4 is 22.6 Å². The lowest BCUT2D eigenvalue weighted by Crippen LogP contribution is -2.20. The van der Waals surface area contributed by atoms with E-state index in [1.807, 2.05) is 37.3 Å². The lowest BCUT2D eigenvalue weighted by Gasteiger charge is -2.09. The highest BCUT2D eigenvalue weighted by atomic mass is 16.5. The summed E-state index contributed by atoms with van der Waals surface area (Å²) in [5.74, 6) is 0.782. The molecule has 0 unspecified atom stereocenters. The lowest BCUT2D eigenvalue weighted by molar-refractivity contribution is -0.118. The summed E-state index contributed by atoms with van der Waals surface area (Å²) in [4.78, 5) is 24.7. The minimum atomic E-state index is -0.287. The Kier molecular flexibility index (Phi) is 5.48. The van der Waals surface area contributed by atoms with Crippen molar-refractivity contribution in [1.82, 2.24) is 0 Å². The van der Waals surface area contributed by atoms with Crippen molar-refractivity contribution in [3.05, 3.63) is 94.8 Å². The van der Waals surface area contributed by atoms with Gasteiger partial charge < -0.3 is 19.2 Å². The number of para-hydroxylation sites is 1. The molecule has 6 heteroatoms. The number of nitrogens with one attached hydrogen (secondary N) is 1. The zero-order chi connectivity index (χ0) is 20.9. The third kappa shape index (κ3) is 4.50. The molecule has 0 fully saturated rings. The molecule has 4 rings (SSSR count). The number of benzene rings is 3. The van der Waals surface area contributed by atoms with Crippen molar-refractivity contribution < 1.29 is 18.7 Å². The first kappa shape index (κ1) is 19.3. The Hall–Kier alpha value is -4.06. The molecule has 0 bridgehead atoms. The van der Waals surface area contributed by atoms with Gasteiger partial charge in [0.1, 0.15) is 23.3 Å². The highest BCUT2D eigenvalue weighted by molar-refractivity contribution is 5.91. The molecule has 0 saturated carbocycles. The van der Waals surface area contributed by atoms with Gasteiger partial charge in [-0.15, -0.1) is 0 Å². The number of anilines is 1. The zero-order valence-corrected chi connectivity index (χ0v) is 16.3. The molecule has 150 valence electrons. The molecule has 1 heterocycles. The molecule has 0 aliphatic heterocycles. The van der Waals surface area contributed by atoms with Gasteiger partial charge in [0.25, 0.3) is 5.91 Å². The van der Waals surface area contributed by atoms with E-state index in [-0.39, 0.29) is 23.7 Å². The third-order valence-electron chi connectivity index (χ3n) is 4.39. The van der Waals surface area contributed by atoms with Crippen LogP contribution in [0.1, 0.15) is 5.56 Å². The van der Waals surface area contributed by atoms with E-state index < -0.39 is 0 Å². The van der Waals surface area contributed by atoms with E-state index in [0.717, 1.165) is 5.56 Å². The summed E-state index contributed by atoms with van der Waals surface area (Å²) in [6, 6.07) is 21.3. The van der Waals surface area contributed by atoms with Crippen LogP contribution in [-0.4, -0.2) is 12.5 Å². The molecule has 0 aliphatic carbocycles. The van der Waals surface area contributed by atoms with Gasteiger partial charge in [0.15, 0.2) is 6.61 Å². The Balaban J connectivity index is 1.46. The molecule has 1 aromatic heterocycles. The predicted octanol–water partition coefficient (Wildman–Crippen LogP) is 4.91. The van der Waals surface area contributed by atoms with Crippen LogP contribution in [0.3, 0.4) is 0 Å². The summed E-state index contributed by atoms with van der Waals surface area (Å²) in [5, 5.41) is 3.10. The van der Waals surface area contributed by atoms with Crippen molar-refractivity contribution in [2.45, 2.75) is 6.92 Å². The van der Waals surface area contributed by atoms with E-state index in [1.165, 1.54) is 6.26 Å². The second-order valence-corrected chi connectivity index (χ2v) is 6.71. The molecule has 6 nitrogen and oxygen atoms in total. The standard InChI is InChI=1S/C24H19NO5/c1-16-7-9-18(10-8-16)30-22-14-29-21-13-19(11-12-20(21)24(22)27)28-15-23(26)25-17-5-3-2-4-6-17/h2-14H,15H2,1H3,(H,25,26). The molecule has 0 spiro atoms. The van der Waals surface area contributed by atoms with Gasteiger partial charge in [-0.25, -0.2) is 0 Å². The average molecular weight is 401 g/mol. The Labute approximate surface area is 172 Å². The predicted molar refractivity (Wildman–Crippen MR) is 114 cm³/mol. The maximum absolute atomic E-state index is 12.7. The van der Waals surface area contributed by atoms with Crippen LogP contribution in [0.4, 0.5) is 5.69 Å². The van der Waals surface area contributed by atoms with E-state index in [9.17, 15) is 9.59 Å². The average Bonchev–Trinajstić information content (AvgIpc) is 2.76. The Morgan fingerprint density at radius 2 is 1.70 bits per heavy atom. The Bertz CT molecular complexity index is 1230. The first-order chi connectivity index (χ1) is 14.6. The second-order valence-electron chi connectivity index (χ2n) is 6.71. The molecule has 0 aliphatic rings. The second kappa shape index (κ2) is 8.53. The number of rotatable bonds is 6. The maximum atomic E-state index is 12.7. The van der Waals surface area contributed by atoms with Crippen LogP contribution < -0.4 is 20.2 Å². The van der Waals surface area contributed by atoms with Gasteiger partial charge in [-0.05, 0) is 43.3 Å². The van der Waals surface area contributed by atoms with Crippen LogP contribution in [0.15, 0.2) is 88.3 Å². The van der Waals surface area contributed by atoms with Gasteiger partial charge in [0.2, 0.25) is 11.2 Å². The van der Waals surface area contributed by atoms with Crippen molar-refractivity contribution in [3.8, 4) is 17.2 Å². The summed E-state index contributed by atoms with van der Waals surface area (Å²) in [5.41, 5.74) is 1.84. The largest absolute Gasteiger partial charge is 0.484 e. The van der Waals surface area contributed by atoms with Gasteiger partial charge in [0, 0.05) is 11.8 Å². The summed E-state index contributed by atoms with van der Waals surface area (Å²) in [7, 11) is 0. The fourth-order valence-corrected chi connectivity index (χ4v) is 2.85. The van der Waals surface area contributed by atoms with Gasteiger partial charge in [-0.2, -0.15) is 0 Å². The molecule has 1 amide bonds. The van der Waals surface area contributed by atoms with Crippen LogP contribution in [0.5, 0.6) is 17.2 Å². The maximum Gasteiger partial charge on any atom is 0.262 e. The van der Waals surface area contributed by atoms with Crippen molar-refractivity contribution in [2.24, 2.45) is 0 Å². The Morgan fingerprint density at radius 3 is 2.47 bits per heavy atom. The lowest BCUT2D eigenvalue weighted by atomic mass is 10.2. The van der Waals surface area contributed by atoms with Gasteiger partial charge in [-0.3, -0.25) is 9.59 Å². The van der Waals surface area contributed by atoms with E-state index in [2.05, 4.69) is 5.32 Å². The molecule has 1 N–H and O–H groups in total. The minimum absolute atomic E-state index is 0.0993. The number of fused-ring (bicyclic) bond motifs is 1. The number of carbonyl (C=O) groups is 1. The molecule has 3 aromatic carbocycles. The van der Waals surface area contributed by atoms with E-state index in [0.29, 0.717) is 28.2 Å². The molecule has 4 aromatic rings. The van der Waals surface area contributed by atoms with E-state index >= 15 is 0 Å². The molecule has 0 atom stereocenters. The normalized spacial score (nSPS) is 10.6. The van der Waals surface area contributed by atoms with Gasteiger partial charge in [0.05, 0.1) is 5.39 Å². The zero-order valence-electron chi connectivity index (χ0n) is 16.3. The smallest absolute Gasteiger partial charge is 0.262 e. The Morgan fingerprint density at radius 1 is 0.967 bits per heavy atom. The first-order valence-corrected chi connectivity index (χ1v) is 9.36. The minimum Gasteiger partial charge on any atom is -0.484 e. The van der Waals surface area contributed by atoms with Crippen molar-refractivity contribution in [1.29, 1.82) is 0 Å². The highest BCUT2D eigenvalue weighted by Crippen LogP contribution is 2.24. The third-order valence-corrected chi connectivity index (χ3v) is 4.39. The quantitative estimate of drug-likeness (QED) is 0.497. The molecular formula is C24H19NO5. The summed E-state index contributed by atoms with van der Waals surface area (Å²) >= 11 is 0. The van der Waals surface area contributed by atoms with Gasteiger partial charge >= 0.3 is 0 Å².